The highest BCUT2D eigenvalue weighted by Crippen LogP contribution is 2.37. The van der Waals surface area contributed by atoms with Crippen LogP contribution in [0.25, 0.3) is 11.1 Å². The van der Waals surface area contributed by atoms with Crippen molar-refractivity contribution in [2.45, 2.75) is 45.7 Å². The lowest BCUT2D eigenvalue weighted by Crippen LogP contribution is -2.48. The first kappa shape index (κ1) is 38.5. The van der Waals surface area contributed by atoms with E-state index in [1.54, 1.807) is 31.3 Å². The average molecular weight is 735 g/mol. The lowest BCUT2D eigenvalue weighted by atomic mass is 9.95. The van der Waals surface area contributed by atoms with Gasteiger partial charge in [-0.3, -0.25) is 9.88 Å². The zero-order valence-corrected chi connectivity index (χ0v) is 30.6. The fourth-order valence-electron chi connectivity index (χ4n) is 5.71. The van der Waals surface area contributed by atoms with Crippen molar-refractivity contribution in [1.82, 2.24) is 20.5 Å². The molecule has 0 spiro atoms. The molecule has 270 valence electrons. The minimum Gasteiger partial charge on any atom is -0.488 e. The predicted molar refractivity (Wildman–Crippen MR) is 199 cm³/mol. The number of ether oxygens (including phenoxy) is 3. The van der Waals surface area contributed by atoms with Crippen LogP contribution in [0.4, 0.5) is 0 Å². The van der Waals surface area contributed by atoms with Gasteiger partial charge in [-0.05, 0) is 48.2 Å². The van der Waals surface area contributed by atoms with Crippen LogP contribution in [0.15, 0.2) is 67.0 Å². The Labute approximate surface area is 309 Å². The average Bonchev–Trinajstić information content (AvgIpc) is 3.16. The molecule has 3 aromatic carbocycles. The van der Waals surface area contributed by atoms with Gasteiger partial charge in [-0.1, -0.05) is 59.6 Å². The molecule has 0 bridgehead atoms. The SMILES string of the molecule is Cc1c(COc2cc(OCc3cncc(C#N)c3)c(CNC(C)(CO)CO)cc2Cl)cccc1-c1cccc(CNCCN2CCOCC2)c1Cl. The maximum absolute atomic E-state index is 9.79. The van der Waals surface area contributed by atoms with Crippen molar-refractivity contribution in [3.63, 3.8) is 0 Å². The smallest absolute Gasteiger partial charge is 0.142 e. The topological polar surface area (TPSA) is 132 Å². The van der Waals surface area contributed by atoms with Crippen LogP contribution in [0.1, 0.15) is 40.3 Å². The normalized spacial score (nSPS) is 13.6. The summed E-state index contributed by atoms with van der Waals surface area (Å²) >= 11 is 13.8. The summed E-state index contributed by atoms with van der Waals surface area (Å²) in [7, 11) is 0. The van der Waals surface area contributed by atoms with E-state index in [4.69, 9.17) is 37.4 Å². The highest BCUT2D eigenvalue weighted by Gasteiger charge is 2.23. The number of halogens is 2. The molecule has 0 radical (unpaired) electrons. The van der Waals surface area contributed by atoms with Gasteiger partial charge < -0.3 is 35.1 Å². The molecule has 0 aliphatic carbocycles. The third-order valence-electron chi connectivity index (χ3n) is 9.06. The summed E-state index contributed by atoms with van der Waals surface area (Å²) in [6.07, 6.45) is 3.13. The molecule has 1 aromatic heterocycles. The van der Waals surface area contributed by atoms with E-state index in [0.717, 1.165) is 77.8 Å². The Balaban J connectivity index is 1.31. The van der Waals surface area contributed by atoms with Gasteiger partial charge in [-0.25, -0.2) is 0 Å². The molecular formula is C39H45Cl2N5O5. The quantitative estimate of drug-likeness (QED) is 0.101. The van der Waals surface area contributed by atoms with Gasteiger partial charge in [0.15, 0.2) is 0 Å². The molecule has 0 unspecified atom stereocenters. The van der Waals surface area contributed by atoms with Gasteiger partial charge in [0.2, 0.25) is 0 Å². The molecular weight excluding hydrogens is 689 g/mol. The number of hydrogen-bond acceptors (Lipinski definition) is 10. The first-order valence-electron chi connectivity index (χ1n) is 17.0. The summed E-state index contributed by atoms with van der Waals surface area (Å²) < 4.78 is 18.0. The summed E-state index contributed by atoms with van der Waals surface area (Å²) in [5.41, 5.74) is 5.99. The monoisotopic (exact) mass is 733 g/mol. The van der Waals surface area contributed by atoms with Crippen molar-refractivity contribution in [1.29, 1.82) is 5.26 Å². The Bertz CT molecular complexity index is 1810. The zero-order valence-electron chi connectivity index (χ0n) is 29.1. The Hall–Kier alpha value is -3.76. The van der Waals surface area contributed by atoms with Crippen LogP contribution < -0.4 is 20.1 Å². The number of benzene rings is 3. The van der Waals surface area contributed by atoms with Crippen LogP contribution in [0.5, 0.6) is 11.5 Å². The standard InChI is InChI=1S/C39H45Cl2N5O5/c1-27-31(6-4-7-33(27)34-8-3-5-30(38(34)41)21-43-9-10-46-11-13-49-14-12-46)24-51-37-17-36(50-23-29-15-28(18-42)19-44-20-29)32(16-35(37)40)22-45-39(2,25-47)26-48/h3-8,15-17,19-20,43,45,47-48H,9-14,21-26H2,1-2H3. The van der Waals surface area contributed by atoms with Gasteiger partial charge >= 0.3 is 0 Å². The second-order valence-corrected chi connectivity index (χ2v) is 13.7. The third kappa shape index (κ3) is 10.4. The molecule has 0 atom stereocenters. The molecule has 4 aromatic rings. The van der Waals surface area contributed by atoms with Crippen molar-refractivity contribution in [3.8, 4) is 28.7 Å². The molecule has 1 fully saturated rings. The summed E-state index contributed by atoms with van der Waals surface area (Å²) in [5.74, 6) is 0.925. The summed E-state index contributed by atoms with van der Waals surface area (Å²) in [6, 6.07) is 19.5. The van der Waals surface area contributed by atoms with E-state index in [0.29, 0.717) is 34.2 Å². The Morgan fingerprint density at radius 3 is 2.39 bits per heavy atom. The maximum Gasteiger partial charge on any atom is 0.142 e. The highest BCUT2D eigenvalue weighted by atomic mass is 35.5. The Morgan fingerprint density at radius 1 is 0.922 bits per heavy atom. The molecule has 12 heteroatoms. The fourth-order valence-corrected chi connectivity index (χ4v) is 6.25. The number of morpholine rings is 1. The molecule has 2 heterocycles. The number of aliphatic hydroxyl groups excluding tert-OH is 2. The van der Waals surface area contributed by atoms with Gasteiger partial charge in [0, 0.05) is 74.4 Å². The number of nitriles is 1. The molecule has 51 heavy (non-hydrogen) atoms. The van der Waals surface area contributed by atoms with Crippen LogP contribution in [0.2, 0.25) is 10.0 Å². The minimum atomic E-state index is -0.908. The fraction of sp³-hybridized carbons (Fsp3) is 0.385. The molecule has 1 aliphatic rings. The number of pyridine rings is 1. The first-order chi connectivity index (χ1) is 24.7. The zero-order chi connectivity index (χ0) is 36.2. The Morgan fingerprint density at radius 2 is 1.65 bits per heavy atom. The summed E-state index contributed by atoms with van der Waals surface area (Å²) in [4.78, 5) is 6.53. The maximum atomic E-state index is 9.79. The largest absolute Gasteiger partial charge is 0.488 e. The molecule has 1 saturated heterocycles. The van der Waals surface area contributed by atoms with Crippen LogP contribution in [0, 0.1) is 18.3 Å². The van der Waals surface area contributed by atoms with E-state index in [1.165, 1.54) is 6.20 Å². The predicted octanol–water partition coefficient (Wildman–Crippen LogP) is 5.65. The van der Waals surface area contributed by atoms with Crippen LogP contribution in [-0.4, -0.2) is 78.2 Å². The lowest BCUT2D eigenvalue weighted by molar-refractivity contribution is 0.0384. The number of hydrogen-bond donors (Lipinski definition) is 4. The van der Waals surface area contributed by atoms with Gasteiger partial charge in [0.1, 0.15) is 30.8 Å². The van der Waals surface area contributed by atoms with E-state index in [1.807, 2.05) is 24.3 Å². The minimum absolute atomic E-state index is 0.151. The molecule has 10 nitrogen and oxygen atoms in total. The Kier molecular flexibility index (Phi) is 14.1. The van der Waals surface area contributed by atoms with E-state index in [9.17, 15) is 15.5 Å². The molecule has 5 rings (SSSR count). The van der Waals surface area contributed by atoms with Gasteiger partial charge in [0.05, 0.1) is 47.6 Å². The van der Waals surface area contributed by atoms with Crippen molar-refractivity contribution in [3.05, 3.63) is 110 Å². The number of rotatable bonds is 17. The number of aliphatic hydroxyl groups is 2. The highest BCUT2D eigenvalue weighted by molar-refractivity contribution is 6.34. The van der Waals surface area contributed by atoms with E-state index in [-0.39, 0.29) is 33.0 Å². The van der Waals surface area contributed by atoms with Gasteiger partial charge in [-0.15, -0.1) is 0 Å². The van der Waals surface area contributed by atoms with E-state index >= 15 is 0 Å². The lowest BCUT2D eigenvalue weighted by Gasteiger charge is -2.27. The number of aromatic nitrogens is 1. The number of nitrogens with one attached hydrogen (secondary N) is 2. The van der Waals surface area contributed by atoms with Crippen molar-refractivity contribution < 1.29 is 24.4 Å². The van der Waals surface area contributed by atoms with Crippen molar-refractivity contribution >= 4 is 23.2 Å². The first-order valence-corrected chi connectivity index (χ1v) is 17.7. The van der Waals surface area contributed by atoms with Crippen LogP contribution in [-0.2, 0) is 31.0 Å². The van der Waals surface area contributed by atoms with Crippen molar-refractivity contribution in [2.75, 3.05) is 52.6 Å². The van der Waals surface area contributed by atoms with E-state index in [2.05, 4.69) is 45.6 Å². The van der Waals surface area contributed by atoms with Crippen molar-refractivity contribution in [2.24, 2.45) is 0 Å². The van der Waals surface area contributed by atoms with Crippen LogP contribution >= 0.6 is 23.2 Å². The summed E-state index contributed by atoms with van der Waals surface area (Å²) in [5, 5.41) is 36.7. The van der Waals surface area contributed by atoms with Gasteiger partial charge in [-0.2, -0.15) is 5.26 Å². The second-order valence-electron chi connectivity index (χ2n) is 12.9. The second kappa shape index (κ2) is 18.6. The molecule has 4 N–H and O–H groups in total. The number of nitrogens with zero attached hydrogens (tertiary/aromatic N) is 3. The van der Waals surface area contributed by atoms with E-state index < -0.39 is 5.54 Å². The third-order valence-corrected chi connectivity index (χ3v) is 9.80. The molecule has 0 amide bonds. The van der Waals surface area contributed by atoms with Crippen LogP contribution in [0.3, 0.4) is 0 Å². The summed E-state index contributed by atoms with van der Waals surface area (Å²) in [6.45, 7) is 9.94. The van der Waals surface area contributed by atoms with Gasteiger partial charge in [0.25, 0.3) is 0 Å². The molecule has 1 aliphatic heterocycles. The molecule has 0 saturated carbocycles.